The summed E-state index contributed by atoms with van der Waals surface area (Å²) in [6.45, 7) is 14.7. The van der Waals surface area contributed by atoms with E-state index in [1.54, 1.807) is 0 Å². The minimum Gasteiger partial charge on any atom is -0.491 e. The number of nitrogens with two attached hydrogens (primary N) is 1. The van der Waals surface area contributed by atoms with Crippen LogP contribution in [0.2, 0.25) is 0 Å². The summed E-state index contributed by atoms with van der Waals surface area (Å²) in [4.78, 5) is 12.4. The molecule has 2 atom stereocenters. The fourth-order valence-electron chi connectivity index (χ4n) is 3.16. The maximum Gasteiger partial charge on any atom is 0.237 e. The van der Waals surface area contributed by atoms with E-state index in [1.165, 1.54) is 0 Å². The number of benzene rings is 1. The molecule has 0 spiro atoms. The lowest BCUT2D eigenvalue weighted by molar-refractivity contribution is -0.124. The van der Waals surface area contributed by atoms with Crippen molar-refractivity contribution < 1.29 is 9.53 Å². The van der Waals surface area contributed by atoms with E-state index in [9.17, 15) is 4.79 Å². The Balaban J connectivity index is 2.60. The second-order valence-electron chi connectivity index (χ2n) is 8.90. The van der Waals surface area contributed by atoms with Gasteiger partial charge in [-0.1, -0.05) is 39.8 Å². The highest BCUT2D eigenvalue weighted by atomic mass is 16.5. The van der Waals surface area contributed by atoms with E-state index in [0.717, 1.165) is 24.2 Å². The Morgan fingerprint density at radius 2 is 1.72 bits per heavy atom. The highest BCUT2D eigenvalue weighted by Gasteiger charge is 2.28. The predicted molar refractivity (Wildman–Crippen MR) is 105 cm³/mol. The molecule has 2 unspecified atom stereocenters. The molecule has 0 saturated heterocycles. The molecule has 0 aliphatic heterocycles. The molecule has 1 aromatic carbocycles. The molecule has 0 heterocycles. The number of rotatable bonds is 8. The van der Waals surface area contributed by atoms with Crippen molar-refractivity contribution in [2.24, 2.45) is 11.1 Å². The van der Waals surface area contributed by atoms with Crippen molar-refractivity contribution in [2.75, 3.05) is 0 Å². The Morgan fingerprint density at radius 3 is 2.20 bits per heavy atom. The zero-order valence-corrected chi connectivity index (χ0v) is 17.0. The Labute approximate surface area is 153 Å². The van der Waals surface area contributed by atoms with Crippen molar-refractivity contribution in [3.63, 3.8) is 0 Å². The lowest BCUT2D eigenvalue weighted by atomic mass is 9.81. The third-order valence-electron chi connectivity index (χ3n) is 4.06. The van der Waals surface area contributed by atoms with Crippen LogP contribution in [0.5, 0.6) is 5.75 Å². The molecule has 25 heavy (non-hydrogen) atoms. The van der Waals surface area contributed by atoms with Gasteiger partial charge in [0, 0.05) is 5.54 Å². The molecule has 4 heteroatoms. The topological polar surface area (TPSA) is 64.3 Å². The van der Waals surface area contributed by atoms with E-state index >= 15 is 0 Å². The maximum absolute atomic E-state index is 12.4. The number of amides is 1. The summed E-state index contributed by atoms with van der Waals surface area (Å²) in [5.41, 5.74) is 7.02. The van der Waals surface area contributed by atoms with Crippen LogP contribution in [0, 0.1) is 5.41 Å². The highest BCUT2D eigenvalue weighted by Crippen LogP contribution is 2.26. The van der Waals surface area contributed by atoms with Crippen molar-refractivity contribution >= 4 is 5.91 Å². The minimum atomic E-state index is -0.555. The van der Waals surface area contributed by atoms with Crippen molar-refractivity contribution in [2.45, 2.75) is 85.4 Å². The summed E-state index contributed by atoms with van der Waals surface area (Å²) in [5.74, 6) is 0.747. The standard InChI is InChI=1S/C21H36N2O2/c1-8-15(2)25-17-11-9-16(10-12-17)13-18(22)19(24)23-21(6,7)14-20(3,4)5/h9-12,15,18H,8,13-14,22H2,1-7H3,(H,23,24). The summed E-state index contributed by atoms with van der Waals surface area (Å²) in [7, 11) is 0. The lowest BCUT2D eigenvalue weighted by Gasteiger charge is -2.34. The Bertz CT molecular complexity index is 544. The molecular weight excluding hydrogens is 312 g/mol. The lowest BCUT2D eigenvalue weighted by Crippen LogP contribution is -2.52. The van der Waals surface area contributed by atoms with Crippen LogP contribution in [0.3, 0.4) is 0 Å². The van der Waals surface area contributed by atoms with Crippen molar-refractivity contribution in [1.82, 2.24) is 5.32 Å². The number of hydrogen-bond acceptors (Lipinski definition) is 3. The smallest absolute Gasteiger partial charge is 0.237 e. The molecule has 4 nitrogen and oxygen atoms in total. The molecule has 1 aromatic rings. The average molecular weight is 349 g/mol. The molecule has 0 bridgehead atoms. The van der Waals surface area contributed by atoms with Gasteiger partial charge in [-0.2, -0.15) is 0 Å². The van der Waals surface area contributed by atoms with E-state index < -0.39 is 6.04 Å². The van der Waals surface area contributed by atoms with E-state index in [0.29, 0.717) is 6.42 Å². The van der Waals surface area contributed by atoms with Crippen LogP contribution in [-0.2, 0) is 11.2 Å². The van der Waals surface area contributed by atoms with Crippen LogP contribution >= 0.6 is 0 Å². The van der Waals surface area contributed by atoms with Gasteiger partial charge in [-0.25, -0.2) is 0 Å². The van der Waals surface area contributed by atoms with E-state index in [2.05, 4.69) is 33.0 Å². The van der Waals surface area contributed by atoms with Crippen molar-refractivity contribution in [1.29, 1.82) is 0 Å². The van der Waals surface area contributed by atoms with Crippen molar-refractivity contribution in [3.05, 3.63) is 29.8 Å². The molecule has 1 rings (SSSR count). The van der Waals surface area contributed by atoms with Gasteiger partial charge < -0.3 is 15.8 Å². The molecule has 0 saturated carbocycles. The van der Waals surface area contributed by atoms with E-state index in [-0.39, 0.29) is 23.0 Å². The molecule has 0 fully saturated rings. The Kier molecular flexibility index (Phi) is 7.48. The summed E-state index contributed by atoms with van der Waals surface area (Å²) < 4.78 is 5.77. The summed E-state index contributed by atoms with van der Waals surface area (Å²) >= 11 is 0. The highest BCUT2D eigenvalue weighted by molar-refractivity contribution is 5.82. The van der Waals surface area contributed by atoms with E-state index in [4.69, 9.17) is 10.5 Å². The first-order valence-electron chi connectivity index (χ1n) is 9.25. The Hall–Kier alpha value is -1.55. The van der Waals surface area contributed by atoms with Crippen LogP contribution in [0.25, 0.3) is 0 Å². The van der Waals surface area contributed by atoms with Gasteiger partial charge in [-0.3, -0.25) is 4.79 Å². The first-order valence-corrected chi connectivity index (χ1v) is 9.25. The minimum absolute atomic E-state index is 0.103. The second kappa shape index (κ2) is 8.70. The van der Waals surface area contributed by atoms with E-state index in [1.807, 2.05) is 45.0 Å². The van der Waals surface area contributed by atoms with Crippen LogP contribution in [0.1, 0.15) is 66.9 Å². The zero-order chi connectivity index (χ0) is 19.3. The number of ether oxygens (including phenoxy) is 1. The molecule has 0 radical (unpaired) electrons. The van der Waals surface area contributed by atoms with Gasteiger partial charge in [0.05, 0.1) is 12.1 Å². The monoisotopic (exact) mass is 348 g/mol. The summed E-state index contributed by atoms with van der Waals surface area (Å²) in [6, 6.07) is 7.28. The van der Waals surface area contributed by atoms with Crippen LogP contribution in [0.15, 0.2) is 24.3 Å². The quantitative estimate of drug-likeness (QED) is 0.744. The third-order valence-corrected chi connectivity index (χ3v) is 4.06. The fourth-order valence-corrected chi connectivity index (χ4v) is 3.16. The van der Waals surface area contributed by atoms with Crippen LogP contribution in [-0.4, -0.2) is 23.6 Å². The normalized spacial score (nSPS) is 14.7. The third kappa shape index (κ3) is 8.39. The SMILES string of the molecule is CCC(C)Oc1ccc(CC(N)C(=O)NC(C)(C)CC(C)(C)C)cc1. The first kappa shape index (κ1) is 21.5. The van der Waals surface area contributed by atoms with Gasteiger partial charge in [0.15, 0.2) is 0 Å². The number of carbonyl (C=O) groups excluding carboxylic acids is 1. The number of carbonyl (C=O) groups is 1. The van der Waals surface area contributed by atoms with Gasteiger partial charge in [-0.15, -0.1) is 0 Å². The average Bonchev–Trinajstić information content (AvgIpc) is 2.45. The molecule has 3 N–H and O–H groups in total. The van der Waals surface area contributed by atoms with Gasteiger partial charge in [0.1, 0.15) is 5.75 Å². The molecule has 0 aromatic heterocycles. The molecule has 0 aliphatic carbocycles. The number of nitrogens with one attached hydrogen (secondary N) is 1. The largest absolute Gasteiger partial charge is 0.491 e. The van der Waals surface area contributed by atoms with Crippen LogP contribution < -0.4 is 15.8 Å². The first-order chi connectivity index (χ1) is 11.4. The second-order valence-corrected chi connectivity index (χ2v) is 8.90. The van der Waals surface area contributed by atoms with Gasteiger partial charge in [0.25, 0.3) is 0 Å². The van der Waals surface area contributed by atoms with Gasteiger partial charge in [0.2, 0.25) is 5.91 Å². The van der Waals surface area contributed by atoms with Crippen LogP contribution in [0.4, 0.5) is 0 Å². The molecule has 142 valence electrons. The van der Waals surface area contributed by atoms with Crippen molar-refractivity contribution in [3.8, 4) is 5.75 Å². The van der Waals surface area contributed by atoms with Gasteiger partial charge in [-0.05, 0) is 63.1 Å². The molecule has 1 amide bonds. The Morgan fingerprint density at radius 1 is 1.16 bits per heavy atom. The zero-order valence-electron chi connectivity index (χ0n) is 17.0. The van der Waals surface area contributed by atoms with Gasteiger partial charge >= 0.3 is 0 Å². The summed E-state index contributed by atoms with van der Waals surface area (Å²) in [5, 5.41) is 3.09. The maximum atomic E-state index is 12.4. The molecule has 0 aliphatic rings. The fraction of sp³-hybridized carbons (Fsp3) is 0.667. The number of hydrogen-bond donors (Lipinski definition) is 2. The summed E-state index contributed by atoms with van der Waals surface area (Å²) in [6.07, 6.45) is 2.57. The molecular formula is C21H36N2O2. The predicted octanol–water partition coefficient (Wildman–Crippen LogP) is 4.06.